The smallest absolute Gasteiger partial charge is 0.239 e. The molecular weight excluding hydrogens is 268 g/mol. The molecule has 0 radical (unpaired) electrons. The van der Waals surface area contributed by atoms with Gasteiger partial charge >= 0.3 is 0 Å². The van der Waals surface area contributed by atoms with Crippen LogP contribution >= 0.6 is 0 Å². The summed E-state index contributed by atoms with van der Waals surface area (Å²) in [5.41, 5.74) is 5.15. The zero-order valence-electron chi connectivity index (χ0n) is 13.9. The van der Waals surface area contributed by atoms with Crippen molar-refractivity contribution in [1.82, 2.24) is 9.88 Å². The molecule has 0 aliphatic rings. The van der Waals surface area contributed by atoms with Crippen LogP contribution in [0.25, 0.3) is 0 Å². The van der Waals surface area contributed by atoms with Gasteiger partial charge in [-0.3, -0.25) is 0 Å². The minimum absolute atomic E-state index is 0.365. The number of nitrogen functional groups attached to an aromatic ring is 1. The van der Waals surface area contributed by atoms with Crippen molar-refractivity contribution in [2.45, 2.75) is 38.9 Å². The highest BCUT2D eigenvalue weighted by Gasteiger charge is 2.21. The average Bonchev–Trinajstić information content (AvgIpc) is 2.27. The van der Waals surface area contributed by atoms with Crippen LogP contribution < -0.4 is 15.8 Å². The number of likely N-dealkylation sites (N-methyl/N-ethyl adjacent to an activating group) is 1. The number of aliphatic hydroxyl groups is 1. The Balaban J connectivity index is 2.75. The van der Waals surface area contributed by atoms with Crippen molar-refractivity contribution in [1.29, 1.82) is 0 Å². The number of anilines is 2. The van der Waals surface area contributed by atoms with Crippen LogP contribution in [0.1, 0.15) is 27.7 Å². The quantitative estimate of drug-likeness (QED) is 0.739. The highest BCUT2D eigenvalue weighted by molar-refractivity contribution is 5.53. The SMILES string of the molecule is CN(C)CC(C)(O)CNc1ccc(N)c(OC(C)(C)C)n1. The van der Waals surface area contributed by atoms with Crippen LogP contribution in [0.5, 0.6) is 5.88 Å². The molecule has 1 atom stereocenters. The van der Waals surface area contributed by atoms with Crippen LogP contribution in [0.3, 0.4) is 0 Å². The Morgan fingerprint density at radius 2 is 1.90 bits per heavy atom. The Morgan fingerprint density at radius 3 is 2.43 bits per heavy atom. The Labute approximate surface area is 127 Å². The predicted molar refractivity (Wildman–Crippen MR) is 86.7 cm³/mol. The van der Waals surface area contributed by atoms with E-state index in [9.17, 15) is 5.11 Å². The van der Waals surface area contributed by atoms with Crippen molar-refractivity contribution >= 4 is 11.5 Å². The molecule has 1 unspecified atom stereocenters. The Kier molecular flexibility index (Phi) is 5.42. The zero-order valence-corrected chi connectivity index (χ0v) is 13.9. The van der Waals surface area contributed by atoms with E-state index < -0.39 is 5.60 Å². The van der Waals surface area contributed by atoms with E-state index in [0.717, 1.165) is 0 Å². The molecule has 1 aromatic heterocycles. The molecule has 4 N–H and O–H groups in total. The summed E-state index contributed by atoms with van der Waals surface area (Å²) in [5.74, 6) is 1.03. The third kappa shape index (κ3) is 6.64. The van der Waals surface area contributed by atoms with Gasteiger partial charge in [0.05, 0.1) is 11.3 Å². The van der Waals surface area contributed by atoms with Crippen molar-refractivity contribution in [3.63, 3.8) is 0 Å². The van der Waals surface area contributed by atoms with Gasteiger partial charge in [0, 0.05) is 13.1 Å². The van der Waals surface area contributed by atoms with Crippen LogP contribution in [-0.4, -0.2) is 53.4 Å². The molecule has 0 aromatic carbocycles. The third-order valence-electron chi connectivity index (χ3n) is 2.60. The highest BCUT2D eigenvalue weighted by Crippen LogP contribution is 2.25. The fraction of sp³-hybridized carbons (Fsp3) is 0.667. The van der Waals surface area contributed by atoms with E-state index in [1.54, 1.807) is 19.1 Å². The predicted octanol–water partition coefficient (Wildman–Crippen LogP) is 1.57. The summed E-state index contributed by atoms with van der Waals surface area (Å²) in [6.45, 7) is 8.55. The summed E-state index contributed by atoms with van der Waals surface area (Å²) in [5, 5.41) is 13.4. The number of rotatable bonds is 6. The first-order chi connectivity index (χ1) is 9.48. The van der Waals surface area contributed by atoms with Gasteiger partial charge in [-0.05, 0) is 53.9 Å². The van der Waals surface area contributed by atoms with E-state index in [1.165, 1.54) is 0 Å². The fourth-order valence-electron chi connectivity index (χ4n) is 1.94. The van der Waals surface area contributed by atoms with E-state index in [-0.39, 0.29) is 5.60 Å². The molecule has 6 nitrogen and oxygen atoms in total. The second-order valence-corrected chi connectivity index (χ2v) is 6.89. The maximum absolute atomic E-state index is 10.3. The molecule has 0 saturated heterocycles. The standard InChI is InChI=1S/C15H28N4O2/c1-14(2,3)21-13-11(16)7-8-12(18-13)17-9-15(4,20)10-19(5)6/h7-8,20H,9-10,16H2,1-6H3,(H,17,18). The van der Waals surface area contributed by atoms with Crippen LogP contribution in [-0.2, 0) is 0 Å². The van der Waals surface area contributed by atoms with Gasteiger partial charge in [-0.25, -0.2) is 0 Å². The molecule has 0 fully saturated rings. The first-order valence-corrected chi connectivity index (χ1v) is 7.05. The van der Waals surface area contributed by atoms with Gasteiger partial charge in [-0.15, -0.1) is 0 Å². The lowest BCUT2D eigenvalue weighted by molar-refractivity contribution is 0.0458. The molecule has 0 amide bonds. The molecule has 21 heavy (non-hydrogen) atoms. The molecule has 0 bridgehead atoms. The second kappa shape index (κ2) is 6.49. The molecule has 6 heteroatoms. The molecular formula is C15H28N4O2. The molecule has 120 valence electrons. The van der Waals surface area contributed by atoms with E-state index in [4.69, 9.17) is 10.5 Å². The largest absolute Gasteiger partial charge is 0.470 e. The number of pyridine rings is 1. The van der Waals surface area contributed by atoms with Crippen molar-refractivity contribution in [2.75, 3.05) is 38.2 Å². The van der Waals surface area contributed by atoms with Gasteiger partial charge < -0.3 is 25.8 Å². The number of nitrogens with two attached hydrogens (primary N) is 1. The number of hydrogen-bond acceptors (Lipinski definition) is 6. The number of aromatic nitrogens is 1. The number of hydrogen-bond donors (Lipinski definition) is 3. The summed E-state index contributed by atoms with van der Waals surface area (Å²) in [4.78, 5) is 6.29. The maximum Gasteiger partial charge on any atom is 0.239 e. The zero-order chi connectivity index (χ0) is 16.3. The van der Waals surface area contributed by atoms with E-state index in [2.05, 4.69) is 10.3 Å². The summed E-state index contributed by atoms with van der Waals surface area (Å²) < 4.78 is 5.72. The van der Waals surface area contributed by atoms with Gasteiger partial charge in [0.15, 0.2) is 0 Å². The minimum Gasteiger partial charge on any atom is -0.470 e. The molecule has 0 spiro atoms. The van der Waals surface area contributed by atoms with E-state index in [1.807, 2.05) is 39.8 Å². The third-order valence-corrected chi connectivity index (χ3v) is 2.60. The number of nitrogens with one attached hydrogen (secondary N) is 1. The van der Waals surface area contributed by atoms with Gasteiger partial charge in [-0.2, -0.15) is 4.98 Å². The van der Waals surface area contributed by atoms with Crippen molar-refractivity contribution in [2.24, 2.45) is 0 Å². The lowest BCUT2D eigenvalue weighted by atomic mass is 10.1. The van der Waals surface area contributed by atoms with Gasteiger partial charge in [-0.1, -0.05) is 0 Å². The molecule has 1 heterocycles. The monoisotopic (exact) mass is 296 g/mol. The van der Waals surface area contributed by atoms with Gasteiger partial charge in [0.1, 0.15) is 11.4 Å². The lowest BCUT2D eigenvalue weighted by Crippen LogP contribution is -2.43. The average molecular weight is 296 g/mol. The Hall–Kier alpha value is -1.53. The lowest BCUT2D eigenvalue weighted by Gasteiger charge is -2.27. The molecule has 1 rings (SSSR count). The first-order valence-electron chi connectivity index (χ1n) is 7.05. The summed E-state index contributed by atoms with van der Waals surface area (Å²) in [6, 6.07) is 3.52. The normalized spacial score (nSPS) is 14.9. The van der Waals surface area contributed by atoms with Crippen molar-refractivity contribution in [3.05, 3.63) is 12.1 Å². The summed E-state index contributed by atoms with van der Waals surface area (Å²) in [6.07, 6.45) is 0. The molecule has 0 saturated carbocycles. The molecule has 0 aliphatic heterocycles. The van der Waals surface area contributed by atoms with Gasteiger partial charge in [0.25, 0.3) is 0 Å². The maximum atomic E-state index is 10.3. The van der Waals surface area contributed by atoms with Crippen molar-refractivity contribution in [3.8, 4) is 5.88 Å². The van der Waals surface area contributed by atoms with E-state index >= 15 is 0 Å². The first kappa shape index (κ1) is 17.5. The highest BCUT2D eigenvalue weighted by atomic mass is 16.5. The van der Waals surface area contributed by atoms with Crippen LogP contribution in [0.15, 0.2) is 12.1 Å². The van der Waals surface area contributed by atoms with Gasteiger partial charge in [0.2, 0.25) is 5.88 Å². The fourth-order valence-corrected chi connectivity index (χ4v) is 1.94. The minimum atomic E-state index is -0.850. The molecule has 1 aromatic rings. The van der Waals surface area contributed by atoms with E-state index in [0.29, 0.717) is 30.5 Å². The van der Waals surface area contributed by atoms with Crippen LogP contribution in [0.2, 0.25) is 0 Å². The Bertz CT molecular complexity index is 467. The summed E-state index contributed by atoms with van der Waals surface area (Å²) in [7, 11) is 3.84. The number of nitrogens with zero attached hydrogens (tertiary/aromatic N) is 2. The van der Waals surface area contributed by atoms with Crippen molar-refractivity contribution < 1.29 is 9.84 Å². The van der Waals surface area contributed by atoms with Crippen LogP contribution in [0, 0.1) is 0 Å². The Morgan fingerprint density at radius 1 is 1.29 bits per heavy atom. The second-order valence-electron chi connectivity index (χ2n) is 6.89. The topological polar surface area (TPSA) is 83.6 Å². The molecule has 0 aliphatic carbocycles. The number of ether oxygens (including phenoxy) is 1. The van der Waals surface area contributed by atoms with Crippen LogP contribution in [0.4, 0.5) is 11.5 Å². The summed E-state index contributed by atoms with van der Waals surface area (Å²) >= 11 is 0.